The third kappa shape index (κ3) is 5.11. The Bertz CT molecular complexity index is 1080. The lowest BCUT2D eigenvalue weighted by Crippen LogP contribution is -2.15. The summed E-state index contributed by atoms with van der Waals surface area (Å²) in [6.45, 7) is 12.4. The zero-order valence-corrected chi connectivity index (χ0v) is 20.3. The van der Waals surface area contributed by atoms with Crippen molar-refractivity contribution in [2.75, 3.05) is 7.11 Å². The lowest BCUT2D eigenvalue weighted by atomic mass is 9.96. The Kier molecular flexibility index (Phi) is 8.71. The van der Waals surface area contributed by atoms with Gasteiger partial charge >= 0.3 is 0 Å². The molecule has 0 saturated heterocycles. The fraction of sp³-hybridized carbons (Fsp3) is 0.385. The van der Waals surface area contributed by atoms with E-state index in [1.54, 1.807) is 13.2 Å². The fourth-order valence-corrected chi connectivity index (χ4v) is 4.20. The van der Waals surface area contributed by atoms with Crippen molar-refractivity contribution in [3.63, 3.8) is 0 Å². The van der Waals surface area contributed by atoms with Gasteiger partial charge in [0.2, 0.25) is 0 Å². The molecule has 0 N–H and O–H groups in total. The summed E-state index contributed by atoms with van der Waals surface area (Å²) in [5, 5.41) is 14.5. The monoisotopic (exact) mass is 437 g/mol. The Morgan fingerprint density at radius 2 is 1.84 bits per heavy atom. The lowest BCUT2D eigenvalue weighted by molar-refractivity contribution is 0.413. The summed E-state index contributed by atoms with van der Waals surface area (Å²) < 4.78 is 7.51. The zero-order valence-electron chi connectivity index (χ0n) is 19.6. The number of nitrogens with zero attached hydrogens (tertiary/aromatic N) is 3. The van der Waals surface area contributed by atoms with E-state index in [0.29, 0.717) is 10.6 Å². The van der Waals surface area contributed by atoms with Crippen LogP contribution in [-0.4, -0.2) is 16.9 Å². The van der Waals surface area contributed by atoms with Crippen molar-refractivity contribution in [2.24, 2.45) is 0 Å². The summed E-state index contributed by atoms with van der Waals surface area (Å²) >= 11 is 6.29. The number of nitriles is 1. The van der Waals surface area contributed by atoms with Crippen LogP contribution in [-0.2, 0) is 0 Å². The van der Waals surface area contributed by atoms with Crippen molar-refractivity contribution in [3.8, 4) is 22.9 Å². The first-order valence-electron chi connectivity index (χ1n) is 10.8. The van der Waals surface area contributed by atoms with E-state index in [4.69, 9.17) is 26.7 Å². The predicted molar refractivity (Wildman–Crippen MR) is 129 cm³/mol. The number of halogens is 1. The molecule has 0 radical (unpaired) electrons. The van der Waals surface area contributed by atoms with Crippen molar-refractivity contribution in [3.05, 3.63) is 69.5 Å². The van der Waals surface area contributed by atoms with Crippen molar-refractivity contribution in [1.82, 2.24) is 9.78 Å². The molecule has 1 heterocycles. The van der Waals surface area contributed by atoms with Crippen LogP contribution in [0, 0.1) is 32.1 Å². The van der Waals surface area contributed by atoms with E-state index in [0.717, 1.165) is 41.1 Å². The molecule has 0 fully saturated rings. The van der Waals surface area contributed by atoms with E-state index < -0.39 is 0 Å². The van der Waals surface area contributed by atoms with E-state index >= 15 is 0 Å². The second-order valence-corrected chi connectivity index (χ2v) is 7.73. The van der Waals surface area contributed by atoms with Crippen molar-refractivity contribution >= 4 is 11.6 Å². The smallest absolute Gasteiger partial charge is 0.119 e. The molecule has 0 saturated carbocycles. The number of ether oxygens (including phenoxy) is 1. The highest BCUT2D eigenvalue weighted by Gasteiger charge is 2.22. The van der Waals surface area contributed by atoms with E-state index in [2.05, 4.69) is 43.7 Å². The third-order valence-corrected chi connectivity index (χ3v) is 5.71. The number of aryl methyl sites for hydroxylation is 2. The topological polar surface area (TPSA) is 50.8 Å². The van der Waals surface area contributed by atoms with Crippen molar-refractivity contribution in [1.29, 1.82) is 5.26 Å². The van der Waals surface area contributed by atoms with Crippen LogP contribution in [0.4, 0.5) is 0 Å². The largest absolute Gasteiger partial charge is 0.497 e. The van der Waals surface area contributed by atoms with E-state index in [-0.39, 0.29) is 6.04 Å². The molecule has 31 heavy (non-hydrogen) atoms. The maximum Gasteiger partial charge on any atom is 0.119 e. The highest BCUT2D eigenvalue weighted by molar-refractivity contribution is 6.32. The molecule has 0 aliphatic rings. The molecule has 4 nitrogen and oxygen atoms in total. The highest BCUT2D eigenvalue weighted by Crippen LogP contribution is 2.35. The second-order valence-electron chi connectivity index (χ2n) is 7.32. The molecule has 0 bridgehead atoms. The first-order chi connectivity index (χ1) is 14.9. The van der Waals surface area contributed by atoms with E-state index in [9.17, 15) is 0 Å². The average Bonchev–Trinajstić information content (AvgIpc) is 3.07. The van der Waals surface area contributed by atoms with Gasteiger partial charge in [-0.05, 0) is 68.1 Å². The molecule has 3 aromatic rings. The Morgan fingerprint density at radius 3 is 2.39 bits per heavy atom. The summed E-state index contributed by atoms with van der Waals surface area (Å²) in [6, 6.07) is 14.1. The summed E-state index contributed by atoms with van der Waals surface area (Å²) in [6.07, 6.45) is 2.04. The van der Waals surface area contributed by atoms with Gasteiger partial charge in [0, 0.05) is 11.3 Å². The second kappa shape index (κ2) is 11.0. The minimum atomic E-state index is 0.146. The van der Waals surface area contributed by atoms with Gasteiger partial charge in [-0.15, -0.1) is 0 Å². The molecular weight excluding hydrogens is 406 g/mol. The highest BCUT2D eigenvalue weighted by atomic mass is 35.5. The molecule has 0 spiro atoms. The SMILES string of the molecule is CC.CCCC(c1ccc(OC)cc1C)n1nc(C)c(-c2ccc(C#N)c(Cl)c2)c1C. The normalized spacial score (nSPS) is 11.3. The lowest BCUT2D eigenvalue weighted by Gasteiger charge is -2.22. The van der Waals surface area contributed by atoms with Crippen LogP contribution in [0.5, 0.6) is 5.75 Å². The average molecular weight is 438 g/mol. The first kappa shape index (κ1) is 24.5. The van der Waals surface area contributed by atoms with Gasteiger partial charge in [-0.1, -0.05) is 50.9 Å². The molecule has 5 heteroatoms. The van der Waals surface area contributed by atoms with Gasteiger partial charge in [0.05, 0.1) is 29.4 Å². The molecule has 1 atom stereocenters. The Balaban J connectivity index is 0.00000166. The number of hydrogen-bond donors (Lipinski definition) is 0. The minimum absolute atomic E-state index is 0.146. The van der Waals surface area contributed by atoms with Crippen LogP contribution in [0.25, 0.3) is 11.1 Å². The number of hydrogen-bond acceptors (Lipinski definition) is 3. The van der Waals surface area contributed by atoms with Gasteiger partial charge in [-0.3, -0.25) is 4.68 Å². The standard InChI is InChI=1S/C24H26ClN3O.C2H6/c1-6-7-23(21-11-10-20(29-5)12-15(21)2)28-17(4)24(16(3)27-28)18-8-9-19(14-26)22(25)13-18;1-2/h8-13,23H,6-7H2,1-5H3;1-2H3. The molecule has 0 aliphatic heterocycles. The number of aromatic nitrogens is 2. The van der Waals surface area contributed by atoms with Crippen LogP contribution < -0.4 is 4.74 Å². The summed E-state index contributed by atoms with van der Waals surface area (Å²) in [5.74, 6) is 0.864. The van der Waals surface area contributed by atoms with Crippen LogP contribution in [0.15, 0.2) is 36.4 Å². The maximum atomic E-state index is 9.15. The van der Waals surface area contributed by atoms with Gasteiger partial charge in [-0.2, -0.15) is 10.4 Å². The van der Waals surface area contributed by atoms with Gasteiger partial charge < -0.3 is 4.74 Å². The van der Waals surface area contributed by atoms with Gasteiger partial charge in [-0.25, -0.2) is 0 Å². The van der Waals surface area contributed by atoms with Crippen LogP contribution >= 0.6 is 11.6 Å². The molecule has 0 aliphatic carbocycles. The van der Waals surface area contributed by atoms with E-state index in [1.807, 2.05) is 39.0 Å². The van der Waals surface area contributed by atoms with Gasteiger partial charge in [0.1, 0.15) is 11.8 Å². The quantitative estimate of drug-likeness (QED) is 0.403. The molecule has 2 aromatic carbocycles. The molecule has 0 amide bonds. The Morgan fingerprint density at radius 1 is 1.13 bits per heavy atom. The van der Waals surface area contributed by atoms with Crippen LogP contribution in [0.3, 0.4) is 0 Å². The Hall–Kier alpha value is -2.77. The number of methoxy groups -OCH3 is 1. The molecule has 164 valence electrons. The van der Waals surface area contributed by atoms with Crippen molar-refractivity contribution in [2.45, 2.75) is 60.4 Å². The van der Waals surface area contributed by atoms with Gasteiger partial charge in [0.25, 0.3) is 0 Å². The summed E-state index contributed by atoms with van der Waals surface area (Å²) in [4.78, 5) is 0. The van der Waals surface area contributed by atoms with Crippen LogP contribution in [0.1, 0.15) is 67.7 Å². The van der Waals surface area contributed by atoms with Crippen LogP contribution in [0.2, 0.25) is 5.02 Å². The third-order valence-electron chi connectivity index (χ3n) is 5.40. The summed E-state index contributed by atoms with van der Waals surface area (Å²) in [7, 11) is 1.69. The molecule has 3 rings (SSSR count). The minimum Gasteiger partial charge on any atom is -0.497 e. The predicted octanol–water partition coefficient (Wildman–Crippen LogP) is 7.42. The maximum absolute atomic E-state index is 9.15. The number of rotatable bonds is 6. The molecule has 1 aromatic heterocycles. The zero-order chi connectivity index (χ0) is 23.1. The van der Waals surface area contributed by atoms with Gasteiger partial charge in [0.15, 0.2) is 0 Å². The van der Waals surface area contributed by atoms with Crippen molar-refractivity contribution < 1.29 is 4.74 Å². The Labute approximate surface area is 191 Å². The number of benzene rings is 2. The fourth-order valence-electron chi connectivity index (χ4n) is 3.98. The summed E-state index contributed by atoms with van der Waals surface area (Å²) in [5.41, 5.74) is 7.03. The first-order valence-corrected chi connectivity index (χ1v) is 11.2. The van der Waals surface area contributed by atoms with E-state index in [1.165, 1.54) is 11.1 Å². The molecule has 1 unspecified atom stereocenters. The molecular formula is C26H32ClN3O.